The molecule has 2 amide bonds. The van der Waals surface area contributed by atoms with Crippen molar-refractivity contribution in [3.63, 3.8) is 0 Å². The van der Waals surface area contributed by atoms with Crippen LogP contribution < -0.4 is 9.62 Å². The minimum absolute atomic E-state index is 0.0456. The highest BCUT2D eigenvalue weighted by Gasteiger charge is 2.30. The highest BCUT2D eigenvalue weighted by molar-refractivity contribution is 7.92. The van der Waals surface area contributed by atoms with Crippen molar-refractivity contribution < 1.29 is 18.0 Å². The molecule has 10 heteroatoms. The lowest BCUT2D eigenvalue weighted by molar-refractivity contribution is -0.141. The Hall–Kier alpha value is -3.07. The van der Waals surface area contributed by atoms with Gasteiger partial charge in [0.2, 0.25) is 21.8 Å². The van der Waals surface area contributed by atoms with Crippen LogP contribution in [0.1, 0.15) is 36.5 Å². The first-order valence-electron chi connectivity index (χ1n) is 13.1. The molecule has 0 aliphatic heterocycles. The summed E-state index contributed by atoms with van der Waals surface area (Å²) in [5.41, 5.74) is 2.98. The second-order valence-electron chi connectivity index (χ2n) is 9.62. The van der Waals surface area contributed by atoms with E-state index in [0.717, 1.165) is 22.9 Å². The second-order valence-corrected chi connectivity index (χ2v) is 12.4. The zero-order valence-electron chi connectivity index (χ0n) is 22.9. The highest BCUT2D eigenvalue weighted by atomic mass is 35.5. The zero-order valence-corrected chi connectivity index (χ0v) is 25.3. The largest absolute Gasteiger partial charge is 0.355 e. The third-order valence-electron chi connectivity index (χ3n) is 6.48. The Kier molecular flexibility index (Phi) is 11.4. The summed E-state index contributed by atoms with van der Waals surface area (Å²) >= 11 is 12.2. The van der Waals surface area contributed by atoms with Crippen molar-refractivity contribution in [1.29, 1.82) is 0 Å². The van der Waals surface area contributed by atoms with Crippen molar-refractivity contribution in [3.8, 4) is 0 Å². The summed E-state index contributed by atoms with van der Waals surface area (Å²) in [5.74, 6) is -0.501. The van der Waals surface area contributed by atoms with Crippen LogP contribution in [-0.2, 0) is 32.6 Å². The van der Waals surface area contributed by atoms with E-state index in [1.165, 1.54) is 4.31 Å². The molecule has 0 spiro atoms. The van der Waals surface area contributed by atoms with Gasteiger partial charge in [-0.25, -0.2) is 8.42 Å². The molecule has 7 nitrogen and oxygen atoms in total. The van der Waals surface area contributed by atoms with Gasteiger partial charge in [0.05, 0.1) is 11.9 Å². The van der Waals surface area contributed by atoms with E-state index in [0.29, 0.717) is 28.7 Å². The normalized spacial score (nSPS) is 12.0. The number of benzene rings is 3. The molecule has 3 aromatic rings. The molecule has 40 heavy (non-hydrogen) atoms. The predicted molar refractivity (Wildman–Crippen MR) is 162 cm³/mol. The van der Waals surface area contributed by atoms with Gasteiger partial charge >= 0.3 is 0 Å². The summed E-state index contributed by atoms with van der Waals surface area (Å²) in [5, 5.41) is 3.86. The summed E-state index contributed by atoms with van der Waals surface area (Å²) in [4.78, 5) is 28.6. The summed E-state index contributed by atoms with van der Waals surface area (Å²) < 4.78 is 26.6. The van der Waals surface area contributed by atoms with Crippen LogP contribution in [0.5, 0.6) is 0 Å². The summed E-state index contributed by atoms with van der Waals surface area (Å²) in [6.07, 6.45) is 1.77. The molecule has 0 aliphatic carbocycles. The van der Waals surface area contributed by atoms with E-state index >= 15 is 0 Å². The molecule has 0 unspecified atom stereocenters. The standard InChI is InChI=1S/C30H35Cl2N3O4S/c1-4-33-30(37)28(19-23-9-6-5-7-10-23)34(21-24-13-16-25(31)17-14-24)29(36)11-8-18-35(40(3,38)39)27-20-26(32)15-12-22(27)2/h5-7,9-10,12-17,20,28H,4,8,11,18-19,21H2,1-3H3,(H,33,37)/t28-/m1/s1. The number of carbonyl (C=O) groups is 2. The van der Waals surface area contributed by atoms with E-state index in [1.807, 2.05) is 56.3 Å². The number of rotatable bonds is 13. The van der Waals surface area contributed by atoms with Gasteiger partial charge in [-0.2, -0.15) is 0 Å². The van der Waals surface area contributed by atoms with E-state index in [-0.39, 0.29) is 37.7 Å². The number of amides is 2. The lowest BCUT2D eigenvalue weighted by Gasteiger charge is -2.32. The minimum Gasteiger partial charge on any atom is -0.355 e. The fraction of sp³-hybridized carbons (Fsp3) is 0.333. The van der Waals surface area contributed by atoms with Crippen LogP contribution in [0.4, 0.5) is 5.69 Å². The Bertz CT molecular complexity index is 1400. The van der Waals surface area contributed by atoms with Gasteiger partial charge in [0, 0.05) is 42.5 Å². The van der Waals surface area contributed by atoms with Gasteiger partial charge in [-0.05, 0) is 61.2 Å². The van der Waals surface area contributed by atoms with Crippen LogP contribution in [0.3, 0.4) is 0 Å². The Morgan fingerprint density at radius 3 is 2.20 bits per heavy atom. The molecular formula is C30H35Cl2N3O4S. The molecule has 0 fully saturated rings. The third kappa shape index (κ3) is 8.98. The van der Waals surface area contributed by atoms with E-state index in [1.54, 1.807) is 35.2 Å². The number of hydrogen-bond acceptors (Lipinski definition) is 4. The summed E-state index contributed by atoms with van der Waals surface area (Å²) in [6, 6.07) is 21.0. The van der Waals surface area contributed by atoms with E-state index in [9.17, 15) is 18.0 Å². The van der Waals surface area contributed by atoms with Crippen LogP contribution in [0.2, 0.25) is 10.0 Å². The number of halogens is 2. The van der Waals surface area contributed by atoms with E-state index < -0.39 is 16.1 Å². The zero-order chi connectivity index (χ0) is 29.3. The number of nitrogens with zero attached hydrogens (tertiary/aromatic N) is 2. The van der Waals surface area contributed by atoms with Crippen molar-refractivity contribution in [2.24, 2.45) is 0 Å². The van der Waals surface area contributed by atoms with Gasteiger partial charge in [0.25, 0.3) is 0 Å². The van der Waals surface area contributed by atoms with Crippen molar-refractivity contribution in [1.82, 2.24) is 10.2 Å². The van der Waals surface area contributed by atoms with Crippen molar-refractivity contribution in [2.45, 2.75) is 45.7 Å². The molecule has 0 radical (unpaired) electrons. The second kappa shape index (κ2) is 14.5. The summed E-state index contributed by atoms with van der Waals surface area (Å²) in [6.45, 7) is 4.36. The number of likely N-dealkylation sites (N-methyl/N-ethyl adjacent to an activating group) is 1. The lowest BCUT2D eigenvalue weighted by Crippen LogP contribution is -2.50. The summed E-state index contributed by atoms with van der Waals surface area (Å²) in [7, 11) is -3.63. The van der Waals surface area contributed by atoms with Crippen LogP contribution in [0.15, 0.2) is 72.8 Å². The first kappa shape index (κ1) is 31.5. The predicted octanol–water partition coefficient (Wildman–Crippen LogP) is 5.62. The van der Waals surface area contributed by atoms with Gasteiger partial charge < -0.3 is 10.2 Å². The van der Waals surface area contributed by atoms with Crippen molar-refractivity contribution >= 4 is 50.7 Å². The maximum absolute atomic E-state index is 13.8. The highest BCUT2D eigenvalue weighted by Crippen LogP contribution is 2.27. The number of sulfonamides is 1. The molecule has 0 aliphatic rings. The van der Waals surface area contributed by atoms with E-state index in [2.05, 4.69) is 5.32 Å². The Balaban J connectivity index is 1.87. The first-order valence-corrected chi connectivity index (χ1v) is 15.7. The van der Waals surface area contributed by atoms with Gasteiger partial charge in [0.15, 0.2) is 0 Å². The maximum atomic E-state index is 13.8. The monoisotopic (exact) mass is 603 g/mol. The first-order chi connectivity index (χ1) is 19.0. The molecule has 1 atom stereocenters. The molecule has 3 aromatic carbocycles. The number of aryl methyl sites for hydroxylation is 1. The molecule has 0 saturated carbocycles. The number of nitrogens with one attached hydrogen (secondary N) is 1. The lowest BCUT2D eigenvalue weighted by atomic mass is 10.0. The number of hydrogen-bond donors (Lipinski definition) is 1. The molecule has 0 saturated heterocycles. The van der Waals surface area contributed by atoms with Crippen molar-refractivity contribution in [2.75, 3.05) is 23.7 Å². The van der Waals surface area contributed by atoms with Gasteiger partial charge in [-0.15, -0.1) is 0 Å². The number of anilines is 1. The average molecular weight is 605 g/mol. The SMILES string of the molecule is CCNC(=O)[C@@H](Cc1ccccc1)N(Cc1ccc(Cl)cc1)C(=O)CCCN(c1cc(Cl)ccc1C)S(C)(=O)=O. The molecule has 0 heterocycles. The molecule has 0 bridgehead atoms. The molecule has 1 N–H and O–H groups in total. The van der Waals surface area contributed by atoms with Crippen molar-refractivity contribution in [3.05, 3.63) is 99.5 Å². The van der Waals surface area contributed by atoms with Crippen LogP contribution in [0.25, 0.3) is 0 Å². The Labute approximate surface area is 247 Å². The van der Waals surface area contributed by atoms with Gasteiger partial charge in [-0.3, -0.25) is 13.9 Å². The molecular weight excluding hydrogens is 569 g/mol. The Morgan fingerprint density at radius 1 is 0.925 bits per heavy atom. The van der Waals surface area contributed by atoms with Crippen LogP contribution in [0, 0.1) is 6.92 Å². The average Bonchev–Trinajstić information content (AvgIpc) is 2.91. The third-order valence-corrected chi connectivity index (χ3v) is 8.15. The van der Waals surface area contributed by atoms with Crippen LogP contribution >= 0.6 is 23.2 Å². The fourth-order valence-corrected chi connectivity index (χ4v) is 5.77. The molecule has 214 valence electrons. The number of carbonyl (C=O) groups excluding carboxylic acids is 2. The Morgan fingerprint density at radius 2 is 1.57 bits per heavy atom. The smallest absolute Gasteiger partial charge is 0.243 e. The van der Waals surface area contributed by atoms with Gasteiger partial charge in [-0.1, -0.05) is 71.7 Å². The maximum Gasteiger partial charge on any atom is 0.243 e. The fourth-order valence-electron chi connectivity index (χ4n) is 4.47. The minimum atomic E-state index is -3.63. The van der Waals surface area contributed by atoms with Gasteiger partial charge in [0.1, 0.15) is 6.04 Å². The van der Waals surface area contributed by atoms with Crippen LogP contribution in [-0.4, -0.2) is 50.5 Å². The van der Waals surface area contributed by atoms with E-state index in [4.69, 9.17) is 23.2 Å². The topological polar surface area (TPSA) is 86.8 Å². The molecule has 0 aromatic heterocycles. The quantitative estimate of drug-likeness (QED) is 0.274. The molecule has 3 rings (SSSR count).